The predicted molar refractivity (Wildman–Crippen MR) is 57.1 cm³/mol. The summed E-state index contributed by atoms with van der Waals surface area (Å²) in [5, 5.41) is 0. The molecule has 0 aliphatic rings. The van der Waals surface area contributed by atoms with Crippen molar-refractivity contribution in [3.63, 3.8) is 0 Å². The van der Waals surface area contributed by atoms with E-state index in [0.717, 1.165) is 5.92 Å². The van der Waals surface area contributed by atoms with Crippen LogP contribution >= 0.6 is 0 Å². The molecular formula is C8H22OSi2. The molecule has 0 N–H and O–H groups in total. The molecule has 0 saturated heterocycles. The van der Waals surface area contributed by atoms with Crippen LogP contribution in [0.5, 0.6) is 0 Å². The maximum atomic E-state index is 6.03. The van der Waals surface area contributed by atoms with Gasteiger partial charge in [0.25, 0.3) is 0 Å². The van der Waals surface area contributed by atoms with Gasteiger partial charge in [-0.1, -0.05) is 13.8 Å². The van der Waals surface area contributed by atoms with Crippen molar-refractivity contribution >= 4 is 17.4 Å². The van der Waals surface area contributed by atoms with Gasteiger partial charge in [-0.25, -0.2) is 0 Å². The molecule has 0 bridgehead atoms. The topological polar surface area (TPSA) is 9.23 Å². The highest BCUT2D eigenvalue weighted by molar-refractivity contribution is 6.77. The molecule has 0 aliphatic heterocycles. The Bertz CT molecular complexity index is 98.7. The predicted octanol–water partition coefficient (Wildman–Crippen LogP) is 2.85. The van der Waals surface area contributed by atoms with Gasteiger partial charge in [0, 0.05) is 0 Å². The summed E-state index contributed by atoms with van der Waals surface area (Å²) in [4.78, 5) is 0. The highest BCUT2D eigenvalue weighted by Crippen LogP contribution is 2.18. The van der Waals surface area contributed by atoms with E-state index in [1.807, 2.05) is 0 Å². The van der Waals surface area contributed by atoms with E-state index in [0.29, 0.717) is 0 Å². The first-order valence-electron chi connectivity index (χ1n) is 4.51. The van der Waals surface area contributed by atoms with E-state index < -0.39 is 17.4 Å². The summed E-state index contributed by atoms with van der Waals surface area (Å²) in [6.45, 7) is 13.7. The molecule has 0 amide bonds. The van der Waals surface area contributed by atoms with E-state index in [-0.39, 0.29) is 0 Å². The zero-order valence-corrected chi connectivity index (χ0v) is 10.9. The first-order valence-corrected chi connectivity index (χ1v) is 10.4. The zero-order chi connectivity index (χ0) is 9.07. The Balaban J connectivity index is 3.79. The molecule has 0 aliphatic carbocycles. The van der Waals surface area contributed by atoms with Crippen molar-refractivity contribution in [1.82, 2.24) is 0 Å². The fourth-order valence-corrected chi connectivity index (χ4v) is 9.13. The molecule has 0 heterocycles. The summed E-state index contributed by atoms with van der Waals surface area (Å²) in [7, 11) is -2.06. The summed E-state index contributed by atoms with van der Waals surface area (Å²) in [6.07, 6.45) is 0. The highest BCUT2D eigenvalue weighted by atomic mass is 28.4. The summed E-state index contributed by atoms with van der Waals surface area (Å²) >= 11 is 0. The minimum atomic E-state index is -1.27. The van der Waals surface area contributed by atoms with Crippen LogP contribution in [-0.4, -0.2) is 17.4 Å². The molecule has 0 rings (SSSR count). The van der Waals surface area contributed by atoms with E-state index in [4.69, 9.17) is 4.12 Å². The Kier molecular flexibility index (Phi) is 4.59. The second-order valence-corrected chi connectivity index (χ2v) is 11.5. The van der Waals surface area contributed by atoms with Gasteiger partial charge in [0.2, 0.25) is 0 Å². The fraction of sp³-hybridized carbons (Fsp3) is 1.00. The van der Waals surface area contributed by atoms with Crippen molar-refractivity contribution in [2.45, 2.75) is 46.1 Å². The third kappa shape index (κ3) is 6.78. The molecule has 0 aromatic heterocycles. The summed E-state index contributed by atoms with van der Waals surface area (Å²) in [5.74, 6) is 0.796. The second-order valence-electron chi connectivity index (χ2n) is 4.52. The van der Waals surface area contributed by atoms with Crippen LogP contribution in [0.4, 0.5) is 0 Å². The van der Waals surface area contributed by atoms with Crippen LogP contribution in [0.1, 0.15) is 13.8 Å². The molecule has 0 spiro atoms. The second kappa shape index (κ2) is 4.43. The summed E-state index contributed by atoms with van der Waals surface area (Å²) in [5.41, 5.74) is 0. The largest absolute Gasteiger partial charge is 0.458 e. The molecule has 0 atom stereocenters. The van der Waals surface area contributed by atoms with Gasteiger partial charge in [-0.3, -0.25) is 0 Å². The molecule has 11 heavy (non-hydrogen) atoms. The molecule has 0 unspecified atom stereocenters. The van der Waals surface area contributed by atoms with Gasteiger partial charge in [-0.05, 0) is 38.2 Å². The van der Waals surface area contributed by atoms with Gasteiger partial charge in [-0.15, -0.1) is 0 Å². The van der Waals surface area contributed by atoms with Crippen LogP contribution in [0.2, 0.25) is 32.2 Å². The minimum absolute atomic E-state index is 0.793. The van der Waals surface area contributed by atoms with Crippen molar-refractivity contribution in [3.8, 4) is 0 Å². The third-order valence-electron chi connectivity index (χ3n) is 1.45. The lowest BCUT2D eigenvalue weighted by molar-refractivity contribution is 0.547. The van der Waals surface area contributed by atoms with Crippen molar-refractivity contribution in [3.05, 3.63) is 0 Å². The number of hydrogen-bond donors (Lipinski definition) is 0. The number of rotatable bonds is 4. The summed E-state index contributed by atoms with van der Waals surface area (Å²) < 4.78 is 6.03. The van der Waals surface area contributed by atoms with Crippen LogP contribution in [-0.2, 0) is 4.12 Å². The average Bonchev–Trinajstić information content (AvgIpc) is 1.53. The Hall–Kier alpha value is 0.394. The van der Waals surface area contributed by atoms with Crippen LogP contribution in [0.3, 0.4) is 0 Å². The molecule has 0 radical (unpaired) electrons. The zero-order valence-electron chi connectivity index (χ0n) is 8.77. The molecule has 3 heteroatoms. The van der Waals surface area contributed by atoms with Gasteiger partial charge >= 0.3 is 0 Å². The lowest BCUT2D eigenvalue weighted by atomic mass is 10.3. The summed E-state index contributed by atoms with van der Waals surface area (Å²) in [6, 6.07) is 1.30. The molecular weight excluding hydrogens is 168 g/mol. The minimum Gasteiger partial charge on any atom is -0.458 e. The van der Waals surface area contributed by atoms with Crippen molar-refractivity contribution < 1.29 is 4.12 Å². The van der Waals surface area contributed by atoms with Gasteiger partial charge in [0.1, 0.15) is 0 Å². The van der Waals surface area contributed by atoms with E-state index in [1.165, 1.54) is 6.04 Å². The quantitative estimate of drug-likeness (QED) is 0.620. The Morgan fingerprint density at radius 1 is 1.27 bits per heavy atom. The SMILES string of the molecule is CC(C)C[Si](C)(C)O[SiH](C)C. The van der Waals surface area contributed by atoms with Gasteiger partial charge in [0.05, 0.1) is 0 Å². The van der Waals surface area contributed by atoms with Crippen LogP contribution in [0, 0.1) is 5.92 Å². The Labute approximate surface area is 74.0 Å². The normalized spacial score (nSPS) is 13.1. The Morgan fingerprint density at radius 3 is 2.00 bits per heavy atom. The molecule has 68 valence electrons. The van der Waals surface area contributed by atoms with Gasteiger partial charge in [0.15, 0.2) is 17.4 Å². The molecule has 0 aromatic carbocycles. The average molecular weight is 190 g/mol. The van der Waals surface area contributed by atoms with Crippen molar-refractivity contribution in [2.75, 3.05) is 0 Å². The van der Waals surface area contributed by atoms with E-state index in [1.54, 1.807) is 0 Å². The van der Waals surface area contributed by atoms with Crippen LogP contribution in [0.25, 0.3) is 0 Å². The number of hydrogen-bond acceptors (Lipinski definition) is 1. The van der Waals surface area contributed by atoms with Gasteiger partial charge in [-0.2, -0.15) is 0 Å². The maximum Gasteiger partial charge on any atom is 0.173 e. The van der Waals surface area contributed by atoms with E-state index in [9.17, 15) is 0 Å². The first-order chi connectivity index (χ1) is 4.83. The van der Waals surface area contributed by atoms with Gasteiger partial charge < -0.3 is 4.12 Å². The standard InChI is InChI=1S/C8H22OSi2/c1-8(2)7-11(5,6)9-10(3)4/h8,10H,7H2,1-6H3. The Morgan fingerprint density at radius 2 is 1.73 bits per heavy atom. The molecule has 0 fully saturated rings. The molecule has 0 aromatic rings. The molecule has 0 saturated carbocycles. The highest BCUT2D eigenvalue weighted by Gasteiger charge is 2.24. The third-order valence-corrected chi connectivity index (χ3v) is 7.69. The van der Waals surface area contributed by atoms with Crippen LogP contribution < -0.4 is 0 Å². The van der Waals surface area contributed by atoms with Crippen LogP contribution in [0.15, 0.2) is 0 Å². The van der Waals surface area contributed by atoms with E-state index >= 15 is 0 Å². The first kappa shape index (κ1) is 11.4. The fourth-order valence-electron chi connectivity index (χ4n) is 1.67. The lowest BCUT2D eigenvalue weighted by Crippen LogP contribution is -2.36. The monoisotopic (exact) mass is 190 g/mol. The van der Waals surface area contributed by atoms with Crippen molar-refractivity contribution in [1.29, 1.82) is 0 Å². The van der Waals surface area contributed by atoms with E-state index in [2.05, 4.69) is 40.0 Å². The van der Waals surface area contributed by atoms with Crippen molar-refractivity contribution in [2.24, 2.45) is 5.92 Å². The molecule has 1 nitrogen and oxygen atoms in total. The maximum absolute atomic E-state index is 6.03. The smallest absolute Gasteiger partial charge is 0.173 e. The lowest BCUT2D eigenvalue weighted by Gasteiger charge is -2.27.